The quantitative estimate of drug-likeness (QED) is 0.851. The second-order valence-electron chi connectivity index (χ2n) is 4.85. The van der Waals surface area contributed by atoms with E-state index < -0.39 is 0 Å². The van der Waals surface area contributed by atoms with Crippen molar-refractivity contribution >= 4 is 0 Å². The molecule has 0 fully saturated rings. The largest absolute Gasteiger partial charge is 0.497 e. The molecule has 1 atom stereocenters. The van der Waals surface area contributed by atoms with E-state index in [1.165, 1.54) is 5.69 Å². The molecule has 0 saturated carbocycles. The molecule has 2 rings (SSSR count). The Morgan fingerprint density at radius 2 is 2.05 bits per heavy atom. The van der Waals surface area contributed by atoms with Gasteiger partial charge in [-0.05, 0) is 26.0 Å². The Balaban J connectivity index is 2.06. The lowest BCUT2D eigenvalue weighted by molar-refractivity contribution is 0.388. The highest BCUT2D eigenvalue weighted by Gasteiger charge is 2.11. The van der Waals surface area contributed by atoms with Crippen molar-refractivity contribution < 1.29 is 9.47 Å². The van der Waals surface area contributed by atoms with Crippen LogP contribution in [0.2, 0.25) is 0 Å². The van der Waals surface area contributed by atoms with Gasteiger partial charge in [0, 0.05) is 37.0 Å². The number of benzene rings is 1. The molecule has 114 valence electrons. The molecule has 2 aromatic rings. The van der Waals surface area contributed by atoms with Crippen LogP contribution in [-0.2, 0) is 13.1 Å². The molecule has 5 nitrogen and oxygen atoms in total. The second-order valence-corrected chi connectivity index (χ2v) is 4.85. The Morgan fingerprint density at radius 3 is 2.71 bits per heavy atom. The van der Waals surface area contributed by atoms with Crippen molar-refractivity contribution in [3.05, 3.63) is 41.7 Å². The first kappa shape index (κ1) is 15.4. The number of aromatic nitrogens is 2. The van der Waals surface area contributed by atoms with Gasteiger partial charge in [0.2, 0.25) is 0 Å². The Bertz CT molecular complexity index is 581. The number of ether oxygens (including phenoxy) is 2. The van der Waals surface area contributed by atoms with E-state index in [4.69, 9.17) is 9.47 Å². The molecule has 5 heteroatoms. The molecule has 1 heterocycles. The summed E-state index contributed by atoms with van der Waals surface area (Å²) >= 11 is 0. The fourth-order valence-electron chi connectivity index (χ4n) is 2.34. The van der Waals surface area contributed by atoms with Crippen LogP contribution >= 0.6 is 0 Å². The summed E-state index contributed by atoms with van der Waals surface area (Å²) in [5.74, 6) is 1.63. The number of nitrogens with one attached hydrogen (secondary N) is 1. The van der Waals surface area contributed by atoms with Crippen molar-refractivity contribution in [3.63, 3.8) is 0 Å². The first-order valence-electron chi connectivity index (χ1n) is 7.15. The van der Waals surface area contributed by atoms with Crippen LogP contribution in [0.15, 0.2) is 30.5 Å². The Morgan fingerprint density at radius 1 is 1.24 bits per heavy atom. The maximum absolute atomic E-state index is 5.42. The molecule has 0 saturated heterocycles. The first-order chi connectivity index (χ1) is 10.2. The molecule has 1 N–H and O–H groups in total. The van der Waals surface area contributed by atoms with Gasteiger partial charge in [0.25, 0.3) is 0 Å². The molecule has 0 aliphatic rings. The van der Waals surface area contributed by atoms with E-state index in [9.17, 15) is 0 Å². The molecule has 0 radical (unpaired) electrons. The summed E-state index contributed by atoms with van der Waals surface area (Å²) in [6, 6.07) is 8.14. The monoisotopic (exact) mass is 289 g/mol. The molecule has 1 aromatic heterocycles. The van der Waals surface area contributed by atoms with Gasteiger partial charge < -0.3 is 14.8 Å². The maximum Gasteiger partial charge on any atom is 0.127 e. The Kier molecular flexibility index (Phi) is 5.22. The SMILES string of the molecule is CCn1nccc1C(C)NCc1ccc(OC)cc1OC. The lowest BCUT2D eigenvalue weighted by atomic mass is 10.1. The molecule has 0 aliphatic heterocycles. The van der Waals surface area contributed by atoms with E-state index in [-0.39, 0.29) is 6.04 Å². The molecule has 0 aliphatic carbocycles. The van der Waals surface area contributed by atoms with E-state index in [2.05, 4.69) is 24.3 Å². The summed E-state index contributed by atoms with van der Waals surface area (Å²) in [6.45, 7) is 5.83. The highest BCUT2D eigenvalue weighted by molar-refractivity contribution is 5.40. The van der Waals surface area contributed by atoms with Crippen LogP contribution in [0.1, 0.15) is 31.1 Å². The van der Waals surface area contributed by atoms with Gasteiger partial charge in [0.1, 0.15) is 11.5 Å². The van der Waals surface area contributed by atoms with E-state index in [1.807, 2.05) is 35.1 Å². The molecular formula is C16H23N3O2. The third-order valence-electron chi connectivity index (χ3n) is 3.59. The van der Waals surface area contributed by atoms with Gasteiger partial charge in [0.15, 0.2) is 0 Å². The highest BCUT2D eigenvalue weighted by Crippen LogP contribution is 2.25. The van der Waals surface area contributed by atoms with Crippen molar-refractivity contribution in [1.82, 2.24) is 15.1 Å². The van der Waals surface area contributed by atoms with Crippen LogP contribution in [0.3, 0.4) is 0 Å². The van der Waals surface area contributed by atoms with Crippen LogP contribution in [-0.4, -0.2) is 24.0 Å². The normalized spacial score (nSPS) is 12.2. The van der Waals surface area contributed by atoms with Gasteiger partial charge in [-0.3, -0.25) is 4.68 Å². The summed E-state index contributed by atoms with van der Waals surface area (Å²) in [6.07, 6.45) is 1.84. The number of rotatable bonds is 7. The van der Waals surface area contributed by atoms with Gasteiger partial charge in [0.05, 0.1) is 19.9 Å². The van der Waals surface area contributed by atoms with Crippen molar-refractivity contribution in [1.29, 1.82) is 0 Å². The minimum atomic E-state index is 0.222. The lowest BCUT2D eigenvalue weighted by Gasteiger charge is -2.17. The molecular weight excluding hydrogens is 266 g/mol. The highest BCUT2D eigenvalue weighted by atomic mass is 16.5. The minimum absolute atomic E-state index is 0.222. The fraction of sp³-hybridized carbons (Fsp3) is 0.438. The molecule has 1 aromatic carbocycles. The van der Waals surface area contributed by atoms with Crippen molar-refractivity contribution in [3.8, 4) is 11.5 Å². The van der Waals surface area contributed by atoms with Crippen molar-refractivity contribution in [2.24, 2.45) is 0 Å². The van der Waals surface area contributed by atoms with Crippen LogP contribution in [0.4, 0.5) is 0 Å². The molecule has 0 amide bonds. The first-order valence-corrected chi connectivity index (χ1v) is 7.15. The standard InChI is InChI=1S/C16H23N3O2/c1-5-19-15(8-9-18-19)12(2)17-11-13-6-7-14(20-3)10-16(13)21-4/h6-10,12,17H,5,11H2,1-4H3. The number of methoxy groups -OCH3 is 2. The molecule has 1 unspecified atom stereocenters. The smallest absolute Gasteiger partial charge is 0.127 e. The number of hydrogen-bond donors (Lipinski definition) is 1. The average molecular weight is 289 g/mol. The summed E-state index contributed by atoms with van der Waals surface area (Å²) in [5, 5.41) is 7.81. The number of hydrogen-bond acceptors (Lipinski definition) is 4. The number of nitrogens with zero attached hydrogens (tertiary/aromatic N) is 2. The average Bonchev–Trinajstić information content (AvgIpc) is 3.01. The van der Waals surface area contributed by atoms with Crippen molar-refractivity contribution in [2.75, 3.05) is 14.2 Å². The third kappa shape index (κ3) is 3.55. The Labute approximate surface area is 125 Å². The zero-order valence-electron chi connectivity index (χ0n) is 13.1. The van der Waals surface area contributed by atoms with Gasteiger partial charge in [-0.1, -0.05) is 6.07 Å². The predicted octanol–water partition coefficient (Wildman–Crippen LogP) is 2.77. The van der Waals surface area contributed by atoms with E-state index in [0.717, 1.165) is 30.2 Å². The summed E-state index contributed by atoms with van der Waals surface area (Å²) in [4.78, 5) is 0. The molecule has 21 heavy (non-hydrogen) atoms. The lowest BCUT2D eigenvalue weighted by Crippen LogP contribution is -2.21. The van der Waals surface area contributed by atoms with Crippen molar-refractivity contribution in [2.45, 2.75) is 33.0 Å². The number of aryl methyl sites for hydroxylation is 1. The molecule has 0 bridgehead atoms. The summed E-state index contributed by atoms with van der Waals surface area (Å²) in [5.41, 5.74) is 2.29. The zero-order chi connectivity index (χ0) is 15.2. The summed E-state index contributed by atoms with van der Waals surface area (Å²) in [7, 11) is 3.33. The fourth-order valence-corrected chi connectivity index (χ4v) is 2.34. The van der Waals surface area contributed by atoms with E-state index in [1.54, 1.807) is 14.2 Å². The zero-order valence-corrected chi connectivity index (χ0v) is 13.1. The van der Waals surface area contributed by atoms with Crippen LogP contribution in [0, 0.1) is 0 Å². The van der Waals surface area contributed by atoms with Gasteiger partial charge in [-0.2, -0.15) is 5.10 Å². The molecule has 0 spiro atoms. The predicted molar refractivity (Wildman–Crippen MR) is 82.7 cm³/mol. The van der Waals surface area contributed by atoms with Gasteiger partial charge >= 0.3 is 0 Å². The minimum Gasteiger partial charge on any atom is -0.497 e. The van der Waals surface area contributed by atoms with E-state index in [0.29, 0.717) is 0 Å². The topological polar surface area (TPSA) is 48.3 Å². The maximum atomic E-state index is 5.42. The van der Waals surface area contributed by atoms with Gasteiger partial charge in [-0.25, -0.2) is 0 Å². The third-order valence-corrected chi connectivity index (χ3v) is 3.59. The van der Waals surface area contributed by atoms with Gasteiger partial charge in [-0.15, -0.1) is 0 Å². The summed E-state index contributed by atoms with van der Waals surface area (Å²) < 4.78 is 12.6. The Hall–Kier alpha value is -2.01. The second kappa shape index (κ2) is 7.13. The van der Waals surface area contributed by atoms with Crippen LogP contribution in [0.25, 0.3) is 0 Å². The van der Waals surface area contributed by atoms with E-state index >= 15 is 0 Å². The van der Waals surface area contributed by atoms with Crippen LogP contribution in [0.5, 0.6) is 11.5 Å². The van der Waals surface area contributed by atoms with Crippen LogP contribution < -0.4 is 14.8 Å².